The van der Waals surface area contributed by atoms with Crippen LogP contribution in [0.4, 0.5) is 0 Å². The number of benzene rings is 2. The molecule has 2 aromatic heterocycles. The standard InChI is InChI=1S/C31H32ClN5O3/c1-18(2)30(24-5-3-4-6-26(24)32)37-27-11-7-19(31(33)39)13-25(27)29(35-37)20-8-12-28(34-16-20)40-23-14-21-9-10-22(15-23)36(21)17-38/h3-8,11-13,16-18,21-23,30H,9-10,14-15H2,1-2H3,(H2,33,39)/t21?,22?,23?,30-/m0/s1. The van der Waals surface area contributed by atoms with Gasteiger partial charge < -0.3 is 15.4 Å². The largest absolute Gasteiger partial charge is 0.474 e. The van der Waals surface area contributed by atoms with E-state index in [1.165, 1.54) is 0 Å². The molecule has 6 rings (SSSR count). The third-order valence-electron chi connectivity index (χ3n) is 8.27. The average molecular weight is 558 g/mol. The maximum atomic E-state index is 12.1. The third-order valence-corrected chi connectivity index (χ3v) is 8.62. The molecule has 206 valence electrons. The summed E-state index contributed by atoms with van der Waals surface area (Å²) < 4.78 is 8.24. The number of ether oxygens (including phenoxy) is 1. The zero-order valence-electron chi connectivity index (χ0n) is 22.5. The Morgan fingerprint density at radius 3 is 2.48 bits per heavy atom. The summed E-state index contributed by atoms with van der Waals surface area (Å²) in [5.74, 6) is 0.232. The molecule has 0 radical (unpaired) electrons. The number of pyridine rings is 1. The normalized spacial score (nSPS) is 21.1. The van der Waals surface area contributed by atoms with Gasteiger partial charge in [-0.15, -0.1) is 0 Å². The molecule has 2 amide bonds. The van der Waals surface area contributed by atoms with Crippen molar-refractivity contribution in [3.8, 4) is 17.1 Å². The second-order valence-electron chi connectivity index (χ2n) is 11.1. The second-order valence-corrected chi connectivity index (χ2v) is 11.5. The molecule has 8 nitrogen and oxygen atoms in total. The summed E-state index contributed by atoms with van der Waals surface area (Å²) in [6, 6.07) is 17.4. The number of nitrogens with two attached hydrogens (primary N) is 1. The smallest absolute Gasteiger partial charge is 0.248 e. The predicted octanol–water partition coefficient (Wildman–Crippen LogP) is 5.63. The molecule has 2 aliphatic rings. The second kappa shape index (κ2) is 10.6. The van der Waals surface area contributed by atoms with E-state index in [2.05, 4.69) is 18.8 Å². The molecular formula is C31H32ClN5O3. The Morgan fingerprint density at radius 1 is 1.10 bits per heavy atom. The highest BCUT2D eigenvalue weighted by Gasteiger charge is 2.41. The molecular weight excluding hydrogens is 526 g/mol. The first-order valence-electron chi connectivity index (χ1n) is 13.8. The Hall–Kier alpha value is -3.91. The highest BCUT2D eigenvalue weighted by Crippen LogP contribution is 2.38. The molecule has 2 aliphatic heterocycles. The number of aromatic nitrogens is 3. The van der Waals surface area contributed by atoms with E-state index >= 15 is 0 Å². The molecule has 2 bridgehead atoms. The van der Waals surface area contributed by atoms with Gasteiger partial charge in [0.25, 0.3) is 0 Å². The predicted molar refractivity (Wildman–Crippen MR) is 154 cm³/mol. The summed E-state index contributed by atoms with van der Waals surface area (Å²) in [7, 11) is 0. The summed E-state index contributed by atoms with van der Waals surface area (Å²) in [5, 5.41) is 6.56. The van der Waals surface area contributed by atoms with Crippen LogP contribution in [0.2, 0.25) is 5.02 Å². The van der Waals surface area contributed by atoms with Crippen LogP contribution >= 0.6 is 11.6 Å². The molecule has 4 aromatic rings. The van der Waals surface area contributed by atoms with Crippen molar-refractivity contribution in [1.29, 1.82) is 0 Å². The van der Waals surface area contributed by atoms with E-state index in [9.17, 15) is 9.59 Å². The molecule has 2 saturated heterocycles. The van der Waals surface area contributed by atoms with Gasteiger partial charge in [-0.05, 0) is 54.7 Å². The minimum Gasteiger partial charge on any atom is -0.474 e. The van der Waals surface area contributed by atoms with Crippen molar-refractivity contribution >= 4 is 34.8 Å². The van der Waals surface area contributed by atoms with Crippen LogP contribution in [0.1, 0.15) is 61.5 Å². The number of carbonyl (C=O) groups excluding carboxylic acids is 2. The lowest BCUT2D eigenvalue weighted by Crippen LogP contribution is -2.45. The minimum atomic E-state index is -0.497. The molecule has 9 heteroatoms. The number of piperidine rings is 1. The number of fused-ring (bicyclic) bond motifs is 3. The first kappa shape index (κ1) is 26.3. The Kier molecular flexibility index (Phi) is 6.96. The summed E-state index contributed by atoms with van der Waals surface area (Å²) in [4.78, 5) is 30.0. The van der Waals surface area contributed by atoms with Crippen LogP contribution in [0.3, 0.4) is 0 Å². The molecule has 0 saturated carbocycles. The fourth-order valence-electron chi connectivity index (χ4n) is 6.40. The van der Waals surface area contributed by atoms with Crippen molar-refractivity contribution in [2.45, 2.75) is 63.8 Å². The first-order chi connectivity index (χ1) is 19.3. The highest BCUT2D eigenvalue weighted by molar-refractivity contribution is 6.31. The van der Waals surface area contributed by atoms with Crippen molar-refractivity contribution in [1.82, 2.24) is 19.7 Å². The lowest BCUT2D eigenvalue weighted by molar-refractivity contribution is -0.123. The lowest BCUT2D eigenvalue weighted by Gasteiger charge is -2.36. The van der Waals surface area contributed by atoms with Gasteiger partial charge in [0, 0.05) is 58.7 Å². The molecule has 0 spiro atoms. The quantitative estimate of drug-likeness (QED) is 0.283. The number of hydrogen-bond acceptors (Lipinski definition) is 5. The maximum Gasteiger partial charge on any atom is 0.248 e. The van der Waals surface area contributed by atoms with Gasteiger partial charge in [0.2, 0.25) is 18.2 Å². The number of amides is 2. The Labute approximate surface area is 238 Å². The summed E-state index contributed by atoms with van der Waals surface area (Å²) in [6.07, 6.45) is 6.48. The van der Waals surface area contributed by atoms with Gasteiger partial charge in [0.15, 0.2) is 0 Å². The van der Waals surface area contributed by atoms with Crippen LogP contribution < -0.4 is 10.5 Å². The van der Waals surface area contributed by atoms with Crippen molar-refractivity contribution < 1.29 is 14.3 Å². The highest BCUT2D eigenvalue weighted by atomic mass is 35.5. The first-order valence-corrected chi connectivity index (χ1v) is 14.1. The van der Waals surface area contributed by atoms with E-state index in [4.69, 9.17) is 27.2 Å². The molecule has 40 heavy (non-hydrogen) atoms. The van der Waals surface area contributed by atoms with Gasteiger partial charge in [-0.1, -0.05) is 43.6 Å². The third kappa shape index (κ3) is 4.70. The van der Waals surface area contributed by atoms with E-state index in [0.717, 1.165) is 54.1 Å². The molecule has 3 atom stereocenters. The summed E-state index contributed by atoms with van der Waals surface area (Å²) in [6.45, 7) is 4.27. The number of carbonyl (C=O) groups is 2. The SMILES string of the molecule is CC(C)[C@@H](c1ccccc1Cl)n1nc(-c2ccc(OC3CC4CCC(C3)N4C=O)nc2)c2cc(C(N)=O)ccc21. The van der Waals surface area contributed by atoms with Crippen LogP contribution in [-0.2, 0) is 4.79 Å². The number of rotatable bonds is 8. The topological polar surface area (TPSA) is 103 Å². The molecule has 2 unspecified atom stereocenters. The van der Waals surface area contributed by atoms with E-state index in [1.54, 1.807) is 18.3 Å². The maximum absolute atomic E-state index is 12.1. The van der Waals surface area contributed by atoms with Crippen molar-refractivity contribution in [2.24, 2.45) is 11.7 Å². The Bertz CT molecular complexity index is 1550. The fourth-order valence-corrected chi connectivity index (χ4v) is 6.65. The summed E-state index contributed by atoms with van der Waals surface area (Å²) in [5.41, 5.74) is 9.40. The molecule has 2 aromatic carbocycles. The number of hydrogen-bond donors (Lipinski definition) is 1. The number of primary amides is 1. The van der Waals surface area contributed by atoms with Crippen LogP contribution in [0.15, 0.2) is 60.8 Å². The summed E-state index contributed by atoms with van der Waals surface area (Å²) >= 11 is 6.64. The number of nitrogens with zero attached hydrogens (tertiary/aromatic N) is 4. The van der Waals surface area contributed by atoms with Crippen molar-refractivity contribution in [3.05, 3.63) is 76.9 Å². The molecule has 0 aliphatic carbocycles. The number of halogens is 1. The van der Waals surface area contributed by atoms with Crippen molar-refractivity contribution in [3.63, 3.8) is 0 Å². The zero-order valence-corrected chi connectivity index (χ0v) is 23.3. The monoisotopic (exact) mass is 557 g/mol. The van der Waals surface area contributed by atoms with E-state index in [0.29, 0.717) is 22.2 Å². The fraction of sp³-hybridized carbons (Fsp3) is 0.355. The van der Waals surface area contributed by atoms with Crippen LogP contribution in [0.5, 0.6) is 5.88 Å². The van der Waals surface area contributed by atoms with Gasteiger partial charge in [-0.2, -0.15) is 5.10 Å². The van der Waals surface area contributed by atoms with Gasteiger partial charge in [0.1, 0.15) is 11.8 Å². The van der Waals surface area contributed by atoms with Crippen LogP contribution in [-0.4, -0.2) is 50.2 Å². The lowest BCUT2D eigenvalue weighted by atomic mass is 9.95. The Morgan fingerprint density at radius 2 is 1.85 bits per heavy atom. The van der Waals surface area contributed by atoms with Crippen molar-refractivity contribution in [2.75, 3.05) is 0 Å². The van der Waals surface area contributed by atoms with Gasteiger partial charge >= 0.3 is 0 Å². The van der Waals surface area contributed by atoms with Crippen LogP contribution in [0, 0.1) is 5.92 Å². The average Bonchev–Trinajstić information content (AvgIpc) is 3.43. The molecule has 2 N–H and O–H groups in total. The Balaban J connectivity index is 1.36. The van der Waals surface area contributed by atoms with E-state index < -0.39 is 5.91 Å². The van der Waals surface area contributed by atoms with Gasteiger partial charge in [-0.25, -0.2) is 4.98 Å². The van der Waals surface area contributed by atoms with E-state index in [-0.39, 0.29) is 30.1 Å². The molecule has 2 fully saturated rings. The van der Waals surface area contributed by atoms with Gasteiger partial charge in [-0.3, -0.25) is 14.3 Å². The minimum absolute atomic E-state index is 0.0348. The zero-order chi connectivity index (χ0) is 28.0. The molecule has 4 heterocycles. The van der Waals surface area contributed by atoms with Crippen LogP contribution in [0.25, 0.3) is 22.2 Å². The van der Waals surface area contributed by atoms with E-state index in [1.807, 2.05) is 52.0 Å². The van der Waals surface area contributed by atoms with Gasteiger partial charge in [0.05, 0.1) is 11.6 Å².